The Morgan fingerprint density at radius 1 is 0.909 bits per heavy atom. The van der Waals surface area contributed by atoms with Gasteiger partial charge in [0.15, 0.2) is 0 Å². The molecule has 0 amide bonds. The maximum atomic E-state index is 10.0. The molecule has 0 aliphatic heterocycles. The number of ether oxygens (including phenoxy) is 1. The molecule has 1 heterocycles. The van der Waals surface area contributed by atoms with Gasteiger partial charge >= 0.3 is 0 Å². The third kappa shape index (κ3) is 3.21. The Morgan fingerprint density at radius 2 is 1.64 bits per heavy atom. The van der Waals surface area contributed by atoms with E-state index in [9.17, 15) is 5.11 Å². The van der Waals surface area contributed by atoms with Gasteiger partial charge in [0.05, 0.1) is 0 Å². The molecule has 0 spiro atoms. The summed E-state index contributed by atoms with van der Waals surface area (Å²) in [6.07, 6.45) is 0. The van der Waals surface area contributed by atoms with Crippen molar-refractivity contribution < 1.29 is 9.84 Å². The summed E-state index contributed by atoms with van der Waals surface area (Å²) in [5.74, 6) is 0.719. The van der Waals surface area contributed by atoms with Crippen LogP contribution in [0.1, 0.15) is 5.56 Å². The quantitative estimate of drug-likeness (QED) is 0.711. The summed E-state index contributed by atoms with van der Waals surface area (Å²) in [5, 5.41) is 10.3. The Labute approximate surface area is 133 Å². The normalized spacial score (nSPS) is 10.4. The Balaban J connectivity index is 1.91. The number of rotatable bonds is 4. The number of aromatic hydroxyl groups is 1. The van der Waals surface area contributed by atoms with Gasteiger partial charge in [-0.1, -0.05) is 54.1 Å². The highest BCUT2D eigenvalue weighted by Gasteiger charge is 2.12. The van der Waals surface area contributed by atoms with Crippen molar-refractivity contribution in [3.8, 4) is 22.8 Å². The molecule has 0 bridgehead atoms. The number of pyridine rings is 1. The largest absolute Gasteiger partial charge is 0.506 e. The highest BCUT2D eigenvalue weighted by atomic mass is 35.5. The van der Waals surface area contributed by atoms with E-state index in [4.69, 9.17) is 16.3 Å². The molecule has 1 N–H and O–H groups in total. The van der Waals surface area contributed by atoms with E-state index < -0.39 is 0 Å². The number of halogens is 1. The first-order valence-electron chi connectivity index (χ1n) is 6.85. The maximum Gasteiger partial charge on any atom is 0.142 e. The molecule has 3 rings (SSSR count). The summed E-state index contributed by atoms with van der Waals surface area (Å²) in [7, 11) is 0. The van der Waals surface area contributed by atoms with Gasteiger partial charge in [-0.25, -0.2) is 4.98 Å². The van der Waals surface area contributed by atoms with Crippen LogP contribution in [0, 0.1) is 0 Å². The van der Waals surface area contributed by atoms with Gasteiger partial charge in [0.1, 0.15) is 29.0 Å². The lowest BCUT2D eigenvalue weighted by Crippen LogP contribution is -1.97. The van der Waals surface area contributed by atoms with Crippen LogP contribution in [0.4, 0.5) is 0 Å². The van der Waals surface area contributed by atoms with Crippen molar-refractivity contribution in [2.75, 3.05) is 0 Å². The Bertz CT molecular complexity index is 775. The summed E-state index contributed by atoms with van der Waals surface area (Å²) in [6.45, 7) is 0.444. The zero-order chi connectivity index (χ0) is 15.4. The number of nitrogens with zero attached hydrogens (tertiary/aromatic N) is 1. The van der Waals surface area contributed by atoms with Crippen LogP contribution in [0.3, 0.4) is 0 Å². The summed E-state index contributed by atoms with van der Waals surface area (Å²) in [5.41, 5.74) is 2.19. The SMILES string of the molecule is Oc1ccc(Cl)nc1-c1ccccc1OCc1ccccc1. The predicted molar refractivity (Wildman–Crippen MR) is 87.1 cm³/mol. The monoisotopic (exact) mass is 311 g/mol. The lowest BCUT2D eigenvalue weighted by molar-refractivity contribution is 0.307. The second-order valence-electron chi connectivity index (χ2n) is 4.77. The standard InChI is InChI=1S/C18H14ClNO2/c19-17-11-10-15(21)18(20-17)14-8-4-5-9-16(14)22-12-13-6-2-1-3-7-13/h1-11,21H,12H2. The van der Waals surface area contributed by atoms with E-state index in [-0.39, 0.29) is 5.75 Å². The lowest BCUT2D eigenvalue weighted by atomic mass is 10.1. The van der Waals surface area contributed by atoms with Crippen molar-refractivity contribution in [1.82, 2.24) is 4.98 Å². The highest BCUT2D eigenvalue weighted by Crippen LogP contribution is 2.35. The summed E-state index contributed by atoms with van der Waals surface area (Å²) in [6, 6.07) is 20.4. The van der Waals surface area contributed by atoms with Crippen LogP contribution >= 0.6 is 11.6 Å². The third-order valence-corrected chi connectivity index (χ3v) is 3.43. The molecule has 0 saturated heterocycles. The van der Waals surface area contributed by atoms with E-state index in [1.807, 2.05) is 54.6 Å². The van der Waals surface area contributed by atoms with Crippen LogP contribution in [-0.2, 0) is 6.61 Å². The molecule has 3 nitrogen and oxygen atoms in total. The van der Waals surface area contributed by atoms with E-state index >= 15 is 0 Å². The molecule has 0 aliphatic rings. The van der Waals surface area contributed by atoms with E-state index in [2.05, 4.69) is 4.98 Å². The topological polar surface area (TPSA) is 42.4 Å². The molecule has 0 radical (unpaired) electrons. The van der Waals surface area contributed by atoms with E-state index in [0.29, 0.717) is 28.8 Å². The van der Waals surface area contributed by atoms with Gasteiger partial charge in [0.25, 0.3) is 0 Å². The average Bonchev–Trinajstić information content (AvgIpc) is 2.56. The maximum absolute atomic E-state index is 10.0. The van der Waals surface area contributed by atoms with Crippen molar-refractivity contribution in [1.29, 1.82) is 0 Å². The number of aromatic nitrogens is 1. The molecule has 0 atom stereocenters. The van der Waals surface area contributed by atoms with Crippen LogP contribution in [0.25, 0.3) is 11.3 Å². The Kier molecular flexibility index (Phi) is 4.26. The summed E-state index contributed by atoms with van der Waals surface area (Å²) < 4.78 is 5.88. The van der Waals surface area contributed by atoms with Crippen LogP contribution in [0.2, 0.25) is 5.15 Å². The minimum Gasteiger partial charge on any atom is -0.506 e. The van der Waals surface area contributed by atoms with E-state index in [0.717, 1.165) is 5.56 Å². The van der Waals surface area contributed by atoms with Crippen molar-refractivity contribution in [2.45, 2.75) is 6.61 Å². The summed E-state index contributed by atoms with van der Waals surface area (Å²) >= 11 is 5.93. The van der Waals surface area contributed by atoms with Gasteiger partial charge < -0.3 is 9.84 Å². The minimum absolute atomic E-state index is 0.0696. The molecule has 22 heavy (non-hydrogen) atoms. The number of hydrogen-bond acceptors (Lipinski definition) is 3. The van der Waals surface area contributed by atoms with Gasteiger partial charge in [-0.05, 0) is 29.8 Å². The molecule has 0 aliphatic carbocycles. The Morgan fingerprint density at radius 3 is 2.45 bits per heavy atom. The van der Waals surface area contributed by atoms with Crippen molar-refractivity contribution in [2.24, 2.45) is 0 Å². The molecule has 0 unspecified atom stereocenters. The Hall–Kier alpha value is -2.52. The van der Waals surface area contributed by atoms with Gasteiger partial charge in [-0.15, -0.1) is 0 Å². The van der Waals surface area contributed by atoms with Crippen molar-refractivity contribution in [3.05, 3.63) is 77.4 Å². The fourth-order valence-electron chi connectivity index (χ4n) is 2.15. The molecule has 1 aromatic heterocycles. The minimum atomic E-state index is 0.0696. The lowest BCUT2D eigenvalue weighted by Gasteiger charge is -2.12. The molecule has 110 valence electrons. The van der Waals surface area contributed by atoms with Crippen LogP contribution in [-0.4, -0.2) is 10.1 Å². The number of benzene rings is 2. The second kappa shape index (κ2) is 6.50. The van der Waals surface area contributed by atoms with Crippen LogP contribution in [0.15, 0.2) is 66.7 Å². The zero-order valence-corrected chi connectivity index (χ0v) is 12.5. The molecule has 4 heteroatoms. The molecule has 2 aromatic carbocycles. The van der Waals surface area contributed by atoms with Gasteiger partial charge in [-0.2, -0.15) is 0 Å². The van der Waals surface area contributed by atoms with Crippen molar-refractivity contribution >= 4 is 11.6 Å². The summed E-state index contributed by atoms with van der Waals surface area (Å²) in [4.78, 5) is 4.19. The van der Waals surface area contributed by atoms with Gasteiger partial charge in [0, 0.05) is 5.56 Å². The molecular weight excluding hydrogens is 298 g/mol. The first-order valence-corrected chi connectivity index (χ1v) is 7.23. The van der Waals surface area contributed by atoms with E-state index in [1.54, 1.807) is 6.07 Å². The first kappa shape index (κ1) is 14.4. The first-order chi connectivity index (χ1) is 10.7. The molecule has 0 saturated carbocycles. The highest BCUT2D eigenvalue weighted by molar-refractivity contribution is 6.29. The van der Waals surface area contributed by atoms with Crippen molar-refractivity contribution in [3.63, 3.8) is 0 Å². The van der Waals surface area contributed by atoms with Gasteiger partial charge in [-0.3, -0.25) is 0 Å². The van der Waals surface area contributed by atoms with Crippen LogP contribution < -0.4 is 4.74 Å². The average molecular weight is 312 g/mol. The molecular formula is C18H14ClNO2. The fraction of sp³-hybridized carbons (Fsp3) is 0.0556. The molecule has 3 aromatic rings. The number of para-hydroxylation sites is 1. The van der Waals surface area contributed by atoms with Crippen LogP contribution in [0.5, 0.6) is 11.5 Å². The second-order valence-corrected chi connectivity index (χ2v) is 5.16. The third-order valence-electron chi connectivity index (χ3n) is 3.22. The smallest absolute Gasteiger partial charge is 0.142 e. The predicted octanol–water partition coefficient (Wildman–Crippen LogP) is 4.69. The van der Waals surface area contributed by atoms with Gasteiger partial charge in [0.2, 0.25) is 0 Å². The number of hydrogen-bond donors (Lipinski definition) is 1. The van der Waals surface area contributed by atoms with E-state index in [1.165, 1.54) is 6.07 Å². The fourth-order valence-corrected chi connectivity index (χ4v) is 2.30. The zero-order valence-electron chi connectivity index (χ0n) is 11.7. The molecule has 0 fully saturated rings.